The first-order valence-electron chi connectivity index (χ1n) is 6.37. The van der Waals surface area contributed by atoms with Crippen LogP contribution < -0.4 is 10.6 Å². The van der Waals surface area contributed by atoms with E-state index in [4.69, 9.17) is 9.84 Å². The predicted molar refractivity (Wildman–Crippen MR) is 65.9 cm³/mol. The Kier molecular flexibility index (Phi) is 6.29. The Labute approximate surface area is 103 Å². The van der Waals surface area contributed by atoms with E-state index in [9.17, 15) is 4.79 Å². The van der Waals surface area contributed by atoms with Gasteiger partial charge in [0.15, 0.2) is 0 Å². The molecule has 3 N–H and O–H groups in total. The Bertz CT molecular complexity index is 230. The molecule has 1 aliphatic rings. The van der Waals surface area contributed by atoms with E-state index in [-0.39, 0.29) is 12.6 Å². The highest BCUT2D eigenvalue weighted by Gasteiger charge is 2.31. The molecule has 0 aliphatic heterocycles. The second-order valence-electron chi connectivity index (χ2n) is 4.96. The first-order valence-corrected chi connectivity index (χ1v) is 6.37. The molecule has 0 heterocycles. The quantitative estimate of drug-likeness (QED) is 0.555. The Morgan fingerprint density at radius 3 is 2.71 bits per heavy atom. The molecule has 1 rings (SSSR count). The van der Waals surface area contributed by atoms with Crippen molar-refractivity contribution < 1.29 is 14.6 Å². The third kappa shape index (κ3) is 5.89. The highest BCUT2D eigenvalue weighted by Crippen LogP contribution is 2.39. The number of hydrogen-bond donors (Lipinski definition) is 3. The van der Waals surface area contributed by atoms with E-state index in [0.29, 0.717) is 25.2 Å². The number of ether oxygens (including phenoxy) is 1. The lowest BCUT2D eigenvalue weighted by Gasteiger charge is -2.38. The van der Waals surface area contributed by atoms with Gasteiger partial charge in [0, 0.05) is 19.7 Å². The molecule has 2 amide bonds. The smallest absolute Gasteiger partial charge is 0.314 e. The van der Waals surface area contributed by atoms with E-state index in [1.807, 2.05) is 0 Å². The molecule has 0 spiro atoms. The van der Waals surface area contributed by atoms with Crippen molar-refractivity contribution in [3.05, 3.63) is 0 Å². The summed E-state index contributed by atoms with van der Waals surface area (Å²) in [5.41, 5.74) is 0.321. The van der Waals surface area contributed by atoms with E-state index in [1.165, 1.54) is 19.3 Å². The number of carbonyl (C=O) groups excluding carboxylic acids is 1. The van der Waals surface area contributed by atoms with Crippen molar-refractivity contribution in [1.29, 1.82) is 0 Å². The van der Waals surface area contributed by atoms with E-state index in [2.05, 4.69) is 17.6 Å². The fourth-order valence-corrected chi connectivity index (χ4v) is 1.86. The van der Waals surface area contributed by atoms with Crippen LogP contribution in [0.4, 0.5) is 4.79 Å². The molecule has 0 saturated heterocycles. The van der Waals surface area contributed by atoms with Gasteiger partial charge < -0.3 is 20.5 Å². The lowest BCUT2D eigenvalue weighted by Crippen LogP contribution is -2.44. The van der Waals surface area contributed by atoms with Crippen LogP contribution in [0, 0.1) is 5.41 Å². The molecule has 1 aliphatic carbocycles. The second kappa shape index (κ2) is 7.50. The maximum atomic E-state index is 11.4. The van der Waals surface area contributed by atoms with Gasteiger partial charge in [-0.05, 0) is 24.7 Å². The van der Waals surface area contributed by atoms with Crippen molar-refractivity contribution in [2.45, 2.75) is 32.6 Å². The monoisotopic (exact) mass is 244 g/mol. The minimum absolute atomic E-state index is 0.0481. The number of carbonyl (C=O) groups is 1. The predicted octanol–water partition coefficient (Wildman–Crippen LogP) is 0.875. The second-order valence-corrected chi connectivity index (χ2v) is 4.96. The average molecular weight is 244 g/mol. The summed E-state index contributed by atoms with van der Waals surface area (Å²) in [5, 5.41) is 14.2. The summed E-state index contributed by atoms with van der Waals surface area (Å²) in [7, 11) is 0. The molecule has 0 aromatic rings. The van der Waals surface area contributed by atoms with Crippen LogP contribution in [-0.2, 0) is 4.74 Å². The molecular formula is C12H24N2O3. The highest BCUT2D eigenvalue weighted by atomic mass is 16.5. The number of aliphatic hydroxyl groups excluding tert-OH is 1. The van der Waals surface area contributed by atoms with Crippen molar-refractivity contribution in [2.24, 2.45) is 5.41 Å². The number of urea groups is 1. The zero-order valence-electron chi connectivity index (χ0n) is 10.6. The lowest BCUT2D eigenvalue weighted by atomic mass is 9.70. The number of hydrogen-bond acceptors (Lipinski definition) is 3. The average Bonchev–Trinajstić information content (AvgIpc) is 2.28. The highest BCUT2D eigenvalue weighted by molar-refractivity contribution is 5.73. The van der Waals surface area contributed by atoms with Gasteiger partial charge in [-0.25, -0.2) is 4.79 Å². The molecule has 0 aromatic heterocycles. The van der Waals surface area contributed by atoms with Crippen LogP contribution in [0.2, 0.25) is 0 Å². The van der Waals surface area contributed by atoms with Gasteiger partial charge >= 0.3 is 6.03 Å². The minimum Gasteiger partial charge on any atom is -0.394 e. The Morgan fingerprint density at radius 2 is 2.12 bits per heavy atom. The van der Waals surface area contributed by atoms with Gasteiger partial charge in [-0.15, -0.1) is 0 Å². The normalized spacial score (nSPS) is 17.3. The van der Waals surface area contributed by atoms with Crippen LogP contribution in [0.5, 0.6) is 0 Å². The first-order chi connectivity index (χ1) is 8.16. The van der Waals surface area contributed by atoms with Crippen molar-refractivity contribution in [3.8, 4) is 0 Å². The Hall–Kier alpha value is -0.810. The minimum atomic E-state index is -0.0970. The lowest BCUT2D eigenvalue weighted by molar-refractivity contribution is 0.0909. The molecule has 0 aromatic carbocycles. The molecule has 100 valence electrons. The zero-order valence-corrected chi connectivity index (χ0v) is 10.6. The summed E-state index contributed by atoms with van der Waals surface area (Å²) < 4.78 is 5.08. The summed E-state index contributed by atoms with van der Waals surface area (Å²) in [6.07, 6.45) is 4.47. The van der Waals surface area contributed by atoms with Crippen molar-refractivity contribution in [2.75, 3.05) is 32.9 Å². The van der Waals surface area contributed by atoms with Crippen molar-refractivity contribution >= 4 is 6.03 Å². The van der Waals surface area contributed by atoms with Crippen LogP contribution >= 0.6 is 0 Å². The van der Waals surface area contributed by atoms with Gasteiger partial charge in [0.1, 0.15) is 0 Å². The number of rotatable bonds is 8. The first kappa shape index (κ1) is 14.3. The van der Waals surface area contributed by atoms with Gasteiger partial charge in [0.2, 0.25) is 0 Å². The molecule has 0 unspecified atom stereocenters. The zero-order chi connectivity index (χ0) is 12.6. The number of aliphatic hydroxyl groups is 1. The van der Waals surface area contributed by atoms with Crippen LogP contribution in [-0.4, -0.2) is 44.0 Å². The van der Waals surface area contributed by atoms with E-state index >= 15 is 0 Å². The van der Waals surface area contributed by atoms with Crippen LogP contribution in [0.1, 0.15) is 32.6 Å². The van der Waals surface area contributed by atoms with Crippen molar-refractivity contribution in [3.63, 3.8) is 0 Å². The van der Waals surface area contributed by atoms with Gasteiger partial charge in [0.25, 0.3) is 0 Å². The molecule has 0 radical (unpaired) electrons. The van der Waals surface area contributed by atoms with E-state index < -0.39 is 0 Å². The summed E-state index contributed by atoms with van der Waals surface area (Å²) in [4.78, 5) is 11.4. The molecular weight excluding hydrogens is 220 g/mol. The maximum absolute atomic E-state index is 11.4. The van der Waals surface area contributed by atoms with Crippen LogP contribution in [0.3, 0.4) is 0 Å². The third-order valence-electron chi connectivity index (χ3n) is 3.22. The Balaban J connectivity index is 1.90. The molecule has 17 heavy (non-hydrogen) atoms. The molecule has 1 saturated carbocycles. The molecule has 5 nitrogen and oxygen atoms in total. The van der Waals surface area contributed by atoms with Gasteiger partial charge in [0.05, 0.1) is 13.2 Å². The summed E-state index contributed by atoms with van der Waals surface area (Å²) in [5.74, 6) is 0. The third-order valence-corrected chi connectivity index (χ3v) is 3.22. The largest absolute Gasteiger partial charge is 0.394 e. The molecule has 5 heteroatoms. The molecule has 0 bridgehead atoms. The standard InChI is InChI=1S/C12H24N2O3/c1-12(4-2-5-12)10-14-11(16)13-6-3-8-17-9-7-15/h15H,2-10H2,1H3,(H2,13,14,16). The van der Waals surface area contributed by atoms with Crippen LogP contribution in [0.15, 0.2) is 0 Å². The van der Waals surface area contributed by atoms with Gasteiger partial charge in [-0.3, -0.25) is 0 Å². The summed E-state index contributed by atoms with van der Waals surface area (Å²) in [6, 6.07) is -0.0970. The fourth-order valence-electron chi connectivity index (χ4n) is 1.86. The molecule has 0 atom stereocenters. The number of amides is 2. The van der Waals surface area contributed by atoms with Crippen LogP contribution in [0.25, 0.3) is 0 Å². The summed E-state index contributed by atoms with van der Waals surface area (Å²) >= 11 is 0. The van der Waals surface area contributed by atoms with E-state index in [1.54, 1.807) is 0 Å². The van der Waals surface area contributed by atoms with Gasteiger partial charge in [-0.2, -0.15) is 0 Å². The topological polar surface area (TPSA) is 70.6 Å². The maximum Gasteiger partial charge on any atom is 0.314 e. The van der Waals surface area contributed by atoms with Crippen molar-refractivity contribution in [1.82, 2.24) is 10.6 Å². The molecule has 1 fully saturated rings. The number of nitrogens with one attached hydrogen (secondary N) is 2. The summed E-state index contributed by atoms with van der Waals surface area (Å²) in [6.45, 7) is 4.56. The fraction of sp³-hybridized carbons (Fsp3) is 0.917. The SMILES string of the molecule is CC1(CNC(=O)NCCCOCCO)CCC1. The Morgan fingerprint density at radius 1 is 1.35 bits per heavy atom. The van der Waals surface area contributed by atoms with E-state index in [0.717, 1.165) is 13.0 Å². The van der Waals surface area contributed by atoms with Gasteiger partial charge in [-0.1, -0.05) is 13.3 Å².